The first-order valence-corrected chi connectivity index (χ1v) is 14.0. The number of benzene rings is 2. The summed E-state index contributed by atoms with van der Waals surface area (Å²) in [6, 6.07) is 5.91. The molecule has 0 fully saturated rings. The predicted octanol–water partition coefficient (Wildman–Crippen LogP) is 11.1. The Morgan fingerprint density at radius 1 is 0.789 bits per heavy atom. The summed E-state index contributed by atoms with van der Waals surface area (Å²) < 4.78 is 123. The molecule has 0 amide bonds. The second kappa shape index (κ2) is 14.2. The molecule has 7 heteroatoms. The molecular weight excluding hydrogens is 651 g/mol. The highest BCUT2D eigenvalue weighted by Crippen LogP contribution is 2.41. The quantitative estimate of drug-likeness (QED) is 0.182. The molecule has 0 aliphatic heterocycles. The van der Waals surface area contributed by atoms with Crippen molar-refractivity contribution < 1.29 is 35.2 Å². The molecule has 0 aliphatic carbocycles. The van der Waals surface area contributed by atoms with Crippen LogP contribution in [0.4, 0.5) is 0 Å². The number of alkyl halides is 2. The maximum absolute atomic E-state index is 11.5. The second-order valence-electron chi connectivity index (χ2n) is 10.8. The number of carbonyl (C=O) groups excluding carboxylic acids is 1. The summed E-state index contributed by atoms with van der Waals surface area (Å²) in [4.78, 5) is 11.5. The van der Waals surface area contributed by atoms with E-state index in [2.05, 4.69) is 31.9 Å². The lowest BCUT2D eigenvalue weighted by atomic mass is 9.80. The number of hydrogen-bond acceptors (Lipinski definition) is 3. The fourth-order valence-corrected chi connectivity index (χ4v) is 3.96. The second-order valence-corrected chi connectivity index (χ2v) is 13.3. The molecular formula is C31H46Br2Cl2O3. The van der Waals surface area contributed by atoms with Gasteiger partial charge in [0, 0.05) is 38.6 Å². The number of halogens is 4. The van der Waals surface area contributed by atoms with Gasteiger partial charge in [-0.05, 0) is 76.8 Å². The molecule has 2 aromatic rings. The fourth-order valence-electron chi connectivity index (χ4n) is 2.96. The van der Waals surface area contributed by atoms with Crippen molar-refractivity contribution in [2.45, 2.75) is 111 Å². The molecule has 0 atom stereocenters. The van der Waals surface area contributed by atoms with Crippen molar-refractivity contribution in [2.75, 3.05) is 5.34 Å². The molecule has 0 saturated carbocycles. The minimum atomic E-state index is -3.42. The number of ether oxygens (including phenoxy) is 1. The van der Waals surface area contributed by atoms with Crippen LogP contribution in [-0.4, -0.2) is 16.4 Å². The van der Waals surface area contributed by atoms with Gasteiger partial charge in [0.25, 0.3) is 0 Å². The van der Waals surface area contributed by atoms with Crippen molar-refractivity contribution in [2.24, 2.45) is 0 Å². The summed E-state index contributed by atoms with van der Waals surface area (Å²) in [7, 11) is 0. The first kappa shape index (κ1) is 18.6. The lowest BCUT2D eigenvalue weighted by Crippen LogP contribution is -2.19. The standard InChI is InChI=1S/C16H23BrO2.C14H21BrO.CH2Cl2/c1-10(18)19-14-12(16(5,6)7)8-11(9-13(14)17)15(2,3)4;1-13(2,3)9-7-10(14(4,5)6)12(16)11(15)8-9;2-1-3/h8-9H,1-7H3;7-8,16H,1-6H3;1H2/i5D3,6D3;4D3,5D3,6D3;. The van der Waals surface area contributed by atoms with Crippen LogP contribution < -0.4 is 4.74 Å². The zero-order valence-corrected chi connectivity index (χ0v) is 27.5. The summed E-state index contributed by atoms with van der Waals surface area (Å²) in [5.74, 6) is -1.43. The van der Waals surface area contributed by atoms with Crippen LogP contribution in [0.1, 0.15) is 132 Å². The Morgan fingerprint density at radius 2 is 1.18 bits per heavy atom. The molecule has 0 spiro atoms. The van der Waals surface area contributed by atoms with Crippen LogP contribution in [0.25, 0.3) is 0 Å². The zero-order chi connectivity index (χ0) is 42.9. The molecule has 38 heavy (non-hydrogen) atoms. The van der Waals surface area contributed by atoms with Gasteiger partial charge in [0.15, 0.2) is 0 Å². The van der Waals surface area contributed by atoms with Crippen molar-refractivity contribution in [3.05, 3.63) is 55.5 Å². The number of esters is 1. The topological polar surface area (TPSA) is 46.5 Å². The molecule has 0 aromatic heterocycles. The van der Waals surface area contributed by atoms with Gasteiger partial charge >= 0.3 is 5.97 Å². The van der Waals surface area contributed by atoms with Gasteiger partial charge in [-0.15, -0.1) is 23.2 Å². The van der Waals surface area contributed by atoms with Crippen molar-refractivity contribution in [3.8, 4) is 11.5 Å². The van der Waals surface area contributed by atoms with E-state index in [0.717, 1.165) is 12.5 Å². The third-order valence-electron chi connectivity index (χ3n) is 5.03. The van der Waals surface area contributed by atoms with E-state index in [1.54, 1.807) is 26.8 Å². The van der Waals surface area contributed by atoms with E-state index in [0.29, 0.717) is 10.0 Å². The lowest BCUT2D eigenvalue weighted by Gasteiger charge is -2.27. The van der Waals surface area contributed by atoms with Crippen molar-refractivity contribution in [1.82, 2.24) is 0 Å². The third kappa shape index (κ3) is 11.8. The summed E-state index contributed by atoms with van der Waals surface area (Å²) in [6.07, 6.45) is 0. The van der Waals surface area contributed by atoms with Crippen LogP contribution in [-0.2, 0) is 26.5 Å². The van der Waals surface area contributed by atoms with Gasteiger partial charge in [0.2, 0.25) is 0 Å². The minimum absolute atomic E-state index is 0.0389. The third-order valence-corrected chi connectivity index (χ3v) is 6.22. The van der Waals surface area contributed by atoms with Gasteiger partial charge in [-0.2, -0.15) is 0 Å². The maximum Gasteiger partial charge on any atom is 0.308 e. The fraction of sp³-hybridized carbons (Fsp3) is 0.581. The number of phenolic OH excluding ortho intramolecular Hbond substituents is 1. The normalized spacial score (nSPS) is 19.6. The Bertz CT molecular complexity index is 1530. The van der Waals surface area contributed by atoms with E-state index in [9.17, 15) is 9.90 Å². The summed E-state index contributed by atoms with van der Waals surface area (Å²) in [5.41, 5.74) is -5.80. The van der Waals surface area contributed by atoms with Crippen molar-refractivity contribution in [1.29, 1.82) is 0 Å². The van der Waals surface area contributed by atoms with Crippen LogP contribution in [0.5, 0.6) is 11.5 Å². The maximum atomic E-state index is 11.5. The highest BCUT2D eigenvalue weighted by Gasteiger charge is 2.26. The predicted molar refractivity (Wildman–Crippen MR) is 173 cm³/mol. The SMILES string of the molecule is ClCCl.[2H]C([2H])([2H])C(C)(c1cc(C(C)(C)C)cc(Br)c1OC(C)=O)C([2H])([2H])[2H].[2H]C([2H])([2H])C(c1cc(C(C)(C)C)cc(Br)c1O)(C([2H])([2H])[2H])C([2H])([2H])[2H]. The van der Waals surface area contributed by atoms with Crippen LogP contribution in [0.15, 0.2) is 33.2 Å². The molecule has 1 N–H and O–H groups in total. The van der Waals surface area contributed by atoms with Gasteiger partial charge in [-0.3, -0.25) is 4.79 Å². The Labute approximate surface area is 279 Å². The highest BCUT2D eigenvalue weighted by atomic mass is 79.9. The molecule has 0 aliphatic rings. The van der Waals surface area contributed by atoms with E-state index < -0.39 is 67.8 Å². The smallest absolute Gasteiger partial charge is 0.308 e. The molecule has 2 aromatic carbocycles. The van der Waals surface area contributed by atoms with E-state index in [1.165, 1.54) is 25.1 Å². The van der Waals surface area contributed by atoms with Crippen LogP contribution >= 0.6 is 55.1 Å². The first-order valence-electron chi connectivity index (χ1n) is 18.8. The van der Waals surface area contributed by atoms with E-state index >= 15 is 0 Å². The van der Waals surface area contributed by atoms with E-state index in [1.807, 2.05) is 20.8 Å². The first-order chi connectivity index (χ1) is 23.1. The Balaban J connectivity index is 0.000000949. The van der Waals surface area contributed by atoms with Gasteiger partial charge < -0.3 is 9.84 Å². The van der Waals surface area contributed by atoms with Crippen molar-refractivity contribution >= 4 is 61.0 Å². The van der Waals surface area contributed by atoms with Gasteiger partial charge in [-0.1, -0.05) is 94.9 Å². The average Bonchev–Trinajstić information content (AvgIpc) is 2.87. The summed E-state index contributed by atoms with van der Waals surface area (Å²) in [6.45, 7) is -2.43. The molecule has 216 valence electrons. The molecule has 2 rings (SSSR count). The van der Waals surface area contributed by atoms with E-state index in [-0.39, 0.29) is 26.5 Å². The van der Waals surface area contributed by atoms with Crippen LogP contribution in [0.2, 0.25) is 0 Å². The number of carbonyl (C=O) groups is 1. The number of rotatable bonds is 1. The van der Waals surface area contributed by atoms with Gasteiger partial charge in [0.05, 0.1) is 14.3 Å². The highest BCUT2D eigenvalue weighted by molar-refractivity contribution is 9.10. The number of aromatic hydroxyl groups is 1. The Hall–Kier alpha value is -0.750. The molecule has 0 heterocycles. The number of phenols is 1. The minimum Gasteiger partial charge on any atom is -0.506 e. The lowest BCUT2D eigenvalue weighted by molar-refractivity contribution is -0.132. The van der Waals surface area contributed by atoms with E-state index in [4.69, 9.17) is 48.5 Å². The van der Waals surface area contributed by atoms with Gasteiger partial charge in [-0.25, -0.2) is 0 Å². The Morgan fingerprint density at radius 3 is 1.55 bits per heavy atom. The largest absolute Gasteiger partial charge is 0.506 e. The van der Waals surface area contributed by atoms with Crippen LogP contribution in [0.3, 0.4) is 0 Å². The summed E-state index contributed by atoms with van der Waals surface area (Å²) in [5, 5.41) is 10.6. The van der Waals surface area contributed by atoms with Crippen LogP contribution in [0, 0.1) is 0 Å². The molecule has 0 unspecified atom stereocenters. The van der Waals surface area contributed by atoms with Gasteiger partial charge in [0.1, 0.15) is 11.5 Å². The Kier molecular flexibility index (Phi) is 6.98. The monoisotopic (exact) mass is 709 g/mol. The van der Waals surface area contributed by atoms with Crippen molar-refractivity contribution in [3.63, 3.8) is 0 Å². The molecule has 0 saturated heterocycles. The molecule has 0 radical (unpaired) electrons. The average molecular weight is 713 g/mol. The summed E-state index contributed by atoms with van der Waals surface area (Å²) >= 11 is 15.9. The molecule has 0 bridgehead atoms. The molecule has 3 nitrogen and oxygen atoms in total. The zero-order valence-electron chi connectivity index (χ0n) is 37.8. The number of hydrogen-bond donors (Lipinski definition) is 1.